The monoisotopic (exact) mass is 256 g/mol. The standard InChI is InChI=1S/C11H17ClN4O/c1-7(10(17)14-11(2,3)4)13-9-6-5-8(12)15-16-9/h5-7H,1-4H3,(H,13,16)(H,14,17). The minimum atomic E-state index is -0.385. The van der Waals surface area contributed by atoms with Crippen molar-refractivity contribution < 1.29 is 4.79 Å². The van der Waals surface area contributed by atoms with Crippen LogP contribution in [-0.2, 0) is 4.79 Å². The molecule has 1 heterocycles. The van der Waals surface area contributed by atoms with Gasteiger partial charge in [-0.2, -0.15) is 0 Å². The lowest BCUT2D eigenvalue weighted by Crippen LogP contribution is -2.47. The lowest BCUT2D eigenvalue weighted by atomic mass is 10.1. The van der Waals surface area contributed by atoms with Crippen LogP contribution in [0.2, 0.25) is 5.15 Å². The Labute approximate surface area is 106 Å². The zero-order chi connectivity index (χ0) is 13.1. The molecule has 0 aliphatic heterocycles. The second-order valence-corrected chi connectivity index (χ2v) is 5.23. The van der Waals surface area contributed by atoms with Gasteiger partial charge in [-0.1, -0.05) is 11.6 Å². The molecule has 2 N–H and O–H groups in total. The second-order valence-electron chi connectivity index (χ2n) is 4.85. The van der Waals surface area contributed by atoms with E-state index < -0.39 is 0 Å². The van der Waals surface area contributed by atoms with Gasteiger partial charge in [-0.15, -0.1) is 10.2 Å². The van der Waals surface area contributed by atoms with Crippen molar-refractivity contribution in [1.82, 2.24) is 15.5 Å². The average Bonchev–Trinajstić information content (AvgIpc) is 2.19. The first kappa shape index (κ1) is 13.7. The molecule has 1 amide bonds. The number of carbonyl (C=O) groups excluding carboxylic acids is 1. The maximum Gasteiger partial charge on any atom is 0.242 e. The molecule has 0 bridgehead atoms. The maximum absolute atomic E-state index is 11.8. The van der Waals surface area contributed by atoms with Gasteiger partial charge < -0.3 is 10.6 Å². The molecular weight excluding hydrogens is 240 g/mol. The molecule has 0 radical (unpaired) electrons. The van der Waals surface area contributed by atoms with Gasteiger partial charge in [0, 0.05) is 5.54 Å². The van der Waals surface area contributed by atoms with Crippen molar-refractivity contribution in [2.24, 2.45) is 0 Å². The Kier molecular flexibility index (Phi) is 4.28. The van der Waals surface area contributed by atoms with E-state index in [1.165, 1.54) is 0 Å². The summed E-state index contributed by atoms with van der Waals surface area (Å²) in [7, 11) is 0. The number of hydrogen-bond donors (Lipinski definition) is 2. The SMILES string of the molecule is CC(Nc1ccc(Cl)nn1)C(=O)NC(C)(C)C. The summed E-state index contributed by atoms with van der Waals surface area (Å²) in [4.78, 5) is 11.8. The Balaban J connectivity index is 2.57. The van der Waals surface area contributed by atoms with E-state index >= 15 is 0 Å². The molecule has 6 heteroatoms. The fourth-order valence-corrected chi connectivity index (χ4v) is 1.26. The molecule has 94 valence electrons. The third-order valence-electron chi connectivity index (χ3n) is 1.89. The number of anilines is 1. The number of rotatable bonds is 3. The van der Waals surface area contributed by atoms with Crippen LogP contribution in [0.25, 0.3) is 0 Å². The van der Waals surface area contributed by atoms with Crippen LogP contribution in [-0.4, -0.2) is 27.7 Å². The van der Waals surface area contributed by atoms with Gasteiger partial charge in [0.05, 0.1) is 0 Å². The van der Waals surface area contributed by atoms with Crippen molar-refractivity contribution in [3.8, 4) is 0 Å². The zero-order valence-corrected chi connectivity index (χ0v) is 11.2. The highest BCUT2D eigenvalue weighted by atomic mass is 35.5. The van der Waals surface area contributed by atoms with Gasteiger partial charge in [-0.25, -0.2) is 0 Å². The molecule has 1 atom stereocenters. The Morgan fingerprint density at radius 2 is 2.00 bits per heavy atom. The Hall–Kier alpha value is -1.36. The lowest BCUT2D eigenvalue weighted by Gasteiger charge is -2.23. The summed E-state index contributed by atoms with van der Waals surface area (Å²) in [6, 6.07) is 2.91. The largest absolute Gasteiger partial charge is 0.357 e. The molecule has 0 fully saturated rings. The molecule has 1 aromatic heterocycles. The van der Waals surface area contributed by atoms with E-state index in [0.29, 0.717) is 11.0 Å². The van der Waals surface area contributed by atoms with Crippen molar-refractivity contribution in [3.05, 3.63) is 17.3 Å². The zero-order valence-electron chi connectivity index (χ0n) is 10.4. The highest BCUT2D eigenvalue weighted by molar-refractivity contribution is 6.29. The van der Waals surface area contributed by atoms with Crippen LogP contribution < -0.4 is 10.6 Å². The van der Waals surface area contributed by atoms with Crippen molar-refractivity contribution >= 4 is 23.3 Å². The van der Waals surface area contributed by atoms with Crippen LogP contribution in [0.15, 0.2) is 12.1 Å². The third kappa shape index (κ3) is 4.99. The fourth-order valence-electron chi connectivity index (χ4n) is 1.16. The number of nitrogens with zero attached hydrogens (tertiary/aromatic N) is 2. The van der Waals surface area contributed by atoms with E-state index in [0.717, 1.165) is 0 Å². The minimum absolute atomic E-state index is 0.0887. The van der Waals surface area contributed by atoms with Gasteiger partial charge in [-0.3, -0.25) is 4.79 Å². The topological polar surface area (TPSA) is 66.9 Å². The van der Waals surface area contributed by atoms with Crippen molar-refractivity contribution in [2.75, 3.05) is 5.32 Å². The normalized spacial score (nSPS) is 13.0. The van der Waals surface area contributed by atoms with Gasteiger partial charge in [0.1, 0.15) is 11.9 Å². The molecule has 5 nitrogen and oxygen atoms in total. The molecular formula is C11H17ClN4O. The summed E-state index contributed by atoms with van der Waals surface area (Å²) < 4.78 is 0. The first-order valence-corrected chi connectivity index (χ1v) is 5.73. The fraction of sp³-hybridized carbons (Fsp3) is 0.545. The first-order chi connectivity index (χ1) is 7.78. The smallest absolute Gasteiger partial charge is 0.242 e. The summed E-state index contributed by atoms with van der Waals surface area (Å²) in [5.74, 6) is 0.431. The Morgan fingerprint density at radius 3 is 2.47 bits per heavy atom. The van der Waals surface area contributed by atoms with Gasteiger partial charge in [0.25, 0.3) is 0 Å². The summed E-state index contributed by atoms with van der Waals surface area (Å²) in [6.07, 6.45) is 0. The van der Waals surface area contributed by atoms with Crippen molar-refractivity contribution in [2.45, 2.75) is 39.3 Å². The van der Waals surface area contributed by atoms with Crippen LogP contribution >= 0.6 is 11.6 Å². The highest BCUT2D eigenvalue weighted by Crippen LogP contribution is 2.08. The van der Waals surface area contributed by atoms with Crippen LogP contribution in [0, 0.1) is 0 Å². The summed E-state index contributed by atoms with van der Waals surface area (Å²) in [5, 5.41) is 13.7. The molecule has 17 heavy (non-hydrogen) atoms. The predicted molar refractivity (Wildman–Crippen MR) is 68.0 cm³/mol. The number of carbonyl (C=O) groups is 1. The molecule has 0 aliphatic rings. The van der Waals surface area contributed by atoms with Gasteiger partial charge >= 0.3 is 0 Å². The molecule has 0 spiro atoms. The molecule has 0 aromatic carbocycles. The van der Waals surface area contributed by atoms with Gasteiger partial charge in [0.2, 0.25) is 5.91 Å². The number of hydrogen-bond acceptors (Lipinski definition) is 4. The highest BCUT2D eigenvalue weighted by Gasteiger charge is 2.19. The molecule has 1 unspecified atom stereocenters. The van der Waals surface area contributed by atoms with Crippen LogP contribution in [0.3, 0.4) is 0 Å². The van der Waals surface area contributed by atoms with Gasteiger partial charge in [0.15, 0.2) is 5.15 Å². The molecule has 0 saturated heterocycles. The predicted octanol–water partition coefficient (Wildman–Crippen LogP) is 1.85. The number of aromatic nitrogens is 2. The van der Waals surface area contributed by atoms with Crippen LogP contribution in [0.1, 0.15) is 27.7 Å². The van der Waals surface area contributed by atoms with Crippen LogP contribution in [0.5, 0.6) is 0 Å². The number of amides is 1. The summed E-state index contributed by atoms with van der Waals surface area (Å²) >= 11 is 5.62. The van der Waals surface area contributed by atoms with E-state index in [2.05, 4.69) is 20.8 Å². The minimum Gasteiger partial charge on any atom is -0.357 e. The summed E-state index contributed by atoms with van der Waals surface area (Å²) in [6.45, 7) is 7.55. The Bertz CT molecular complexity index is 385. The molecule has 1 aromatic rings. The number of halogens is 1. The third-order valence-corrected chi connectivity index (χ3v) is 2.09. The molecule has 0 saturated carbocycles. The van der Waals surface area contributed by atoms with E-state index in [-0.39, 0.29) is 17.5 Å². The lowest BCUT2D eigenvalue weighted by molar-refractivity contribution is -0.122. The van der Waals surface area contributed by atoms with Crippen molar-refractivity contribution in [1.29, 1.82) is 0 Å². The van der Waals surface area contributed by atoms with E-state index in [1.54, 1.807) is 19.1 Å². The van der Waals surface area contributed by atoms with Gasteiger partial charge in [-0.05, 0) is 39.8 Å². The van der Waals surface area contributed by atoms with E-state index in [1.807, 2.05) is 20.8 Å². The first-order valence-electron chi connectivity index (χ1n) is 5.36. The quantitative estimate of drug-likeness (QED) is 0.866. The molecule has 0 aliphatic carbocycles. The number of nitrogens with one attached hydrogen (secondary N) is 2. The summed E-state index contributed by atoms with van der Waals surface area (Å²) in [5.41, 5.74) is -0.251. The van der Waals surface area contributed by atoms with Crippen molar-refractivity contribution in [3.63, 3.8) is 0 Å². The van der Waals surface area contributed by atoms with E-state index in [4.69, 9.17) is 11.6 Å². The van der Waals surface area contributed by atoms with Crippen LogP contribution in [0.4, 0.5) is 5.82 Å². The molecule has 1 rings (SSSR count). The van der Waals surface area contributed by atoms with E-state index in [9.17, 15) is 4.79 Å². The second kappa shape index (κ2) is 5.31. The maximum atomic E-state index is 11.8. The Morgan fingerprint density at radius 1 is 1.35 bits per heavy atom. The average molecular weight is 257 g/mol.